The molecule has 14 heavy (non-hydrogen) atoms. The van der Waals surface area contributed by atoms with E-state index in [1.807, 2.05) is 6.92 Å². The average Bonchev–Trinajstić information content (AvgIpc) is 2.18. The second-order valence-corrected chi connectivity index (χ2v) is 2.94. The fourth-order valence-corrected chi connectivity index (χ4v) is 1.03. The number of carbonyl (C=O) groups is 1. The summed E-state index contributed by atoms with van der Waals surface area (Å²) in [7, 11) is 0. The van der Waals surface area contributed by atoms with E-state index >= 15 is 0 Å². The van der Waals surface area contributed by atoms with Crippen LogP contribution >= 0.6 is 0 Å². The van der Waals surface area contributed by atoms with Crippen molar-refractivity contribution in [3.8, 4) is 0 Å². The van der Waals surface area contributed by atoms with Crippen molar-refractivity contribution in [1.29, 1.82) is 0 Å². The first-order chi connectivity index (χ1) is 6.66. The number of esters is 1. The van der Waals surface area contributed by atoms with Crippen LogP contribution in [0.25, 0.3) is 0 Å². The van der Waals surface area contributed by atoms with Crippen molar-refractivity contribution >= 4 is 17.3 Å². The summed E-state index contributed by atoms with van der Waals surface area (Å²) in [6.45, 7) is 2.32. The SMILES string of the molecule is CCCOC(=O)c1cccc(N)c1N. The van der Waals surface area contributed by atoms with Crippen LogP contribution < -0.4 is 11.5 Å². The molecule has 76 valence electrons. The summed E-state index contributed by atoms with van der Waals surface area (Å²) in [4.78, 5) is 11.4. The minimum atomic E-state index is -0.420. The summed E-state index contributed by atoms with van der Waals surface area (Å²) >= 11 is 0. The van der Waals surface area contributed by atoms with Crippen LogP contribution in [0.2, 0.25) is 0 Å². The topological polar surface area (TPSA) is 78.3 Å². The van der Waals surface area contributed by atoms with Gasteiger partial charge in [0.1, 0.15) is 0 Å². The molecule has 0 aliphatic heterocycles. The van der Waals surface area contributed by atoms with Gasteiger partial charge in [-0.3, -0.25) is 0 Å². The van der Waals surface area contributed by atoms with Crippen LogP contribution in [0.15, 0.2) is 18.2 Å². The van der Waals surface area contributed by atoms with Crippen molar-refractivity contribution in [1.82, 2.24) is 0 Å². The fourth-order valence-electron chi connectivity index (χ4n) is 1.03. The van der Waals surface area contributed by atoms with Gasteiger partial charge >= 0.3 is 5.97 Å². The standard InChI is InChI=1S/C10H14N2O2/c1-2-6-14-10(13)7-4-3-5-8(11)9(7)12/h3-5H,2,6,11-12H2,1H3. The van der Waals surface area contributed by atoms with Crippen molar-refractivity contribution in [3.63, 3.8) is 0 Å². The maximum absolute atomic E-state index is 11.4. The highest BCUT2D eigenvalue weighted by Gasteiger charge is 2.11. The van der Waals surface area contributed by atoms with Crippen LogP contribution in [0, 0.1) is 0 Å². The van der Waals surface area contributed by atoms with Crippen LogP contribution in [0.1, 0.15) is 23.7 Å². The molecule has 0 aliphatic carbocycles. The fraction of sp³-hybridized carbons (Fsp3) is 0.300. The number of hydrogen-bond donors (Lipinski definition) is 2. The molecule has 0 aliphatic rings. The van der Waals surface area contributed by atoms with Crippen molar-refractivity contribution in [2.45, 2.75) is 13.3 Å². The van der Waals surface area contributed by atoms with Gasteiger partial charge in [0.2, 0.25) is 0 Å². The summed E-state index contributed by atoms with van der Waals surface area (Å²) in [6.07, 6.45) is 0.786. The molecule has 0 amide bonds. The summed E-state index contributed by atoms with van der Waals surface area (Å²) in [5, 5.41) is 0. The first-order valence-corrected chi connectivity index (χ1v) is 4.48. The highest BCUT2D eigenvalue weighted by Crippen LogP contribution is 2.19. The molecule has 0 saturated carbocycles. The van der Waals surface area contributed by atoms with Crippen LogP contribution in [0.5, 0.6) is 0 Å². The maximum Gasteiger partial charge on any atom is 0.340 e. The molecule has 4 heteroatoms. The summed E-state index contributed by atoms with van der Waals surface area (Å²) in [5.74, 6) is -0.420. The number of rotatable bonds is 3. The zero-order chi connectivity index (χ0) is 10.6. The molecule has 0 unspecified atom stereocenters. The van der Waals surface area contributed by atoms with Crippen LogP contribution in [-0.4, -0.2) is 12.6 Å². The van der Waals surface area contributed by atoms with Crippen molar-refractivity contribution in [3.05, 3.63) is 23.8 Å². The number of carbonyl (C=O) groups excluding carboxylic acids is 1. The second kappa shape index (κ2) is 4.50. The third-order valence-corrected chi connectivity index (χ3v) is 1.80. The van der Waals surface area contributed by atoms with Crippen molar-refractivity contribution < 1.29 is 9.53 Å². The molecule has 0 aromatic heterocycles. The van der Waals surface area contributed by atoms with Gasteiger partial charge in [0.25, 0.3) is 0 Å². The van der Waals surface area contributed by atoms with Gasteiger partial charge < -0.3 is 16.2 Å². The molecule has 0 bridgehead atoms. The number of ether oxygens (including phenoxy) is 1. The average molecular weight is 194 g/mol. The lowest BCUT2D eigenvalue weighted by Crippen LogP contribution is -2.10. The quantitative estimate of drug-likeness (QED) is 0.563. The molecule has 0 fully saturated rings. The minimum Gasteiger partial charge on any atom is -0.462 e. The number of benzene rings is 1. The van der Waals surface area contributed by atoms with E-state index < -0.39 is 5.97 Å². The van der Waals surface area contributed by atoms with Gasteiger partial charge in [0.05, 0.1) is 23.5 Å². The first-order valence-electron chi connectivity index (χ1n) is 4.48. The molecule has 0 radical (unpaired) electrons. The lowest BCUT2D eigenvalue weighted by Gasteiger charge is -2.07. The van der Waals surface area contributed by atoms with Gasteiger partial charge in [-0.05, 0) is 18.6 Å². The van der Waals surface area contributed by atoms with Gasteiger partial charge in [0.15, 0.2) is 0 Å². The van der Waals surface area contributed by atoms with Crippen molar-refractivity contribution in [2.75, 3.05) is 18.1 Å². The van der Waals surface area contributed by atoms with E-state index in [-0.39, 0.29) is 5.69 Å². The Balaban J connectivity index is 2.84. The molecule has 1 aromatic rings. The third kappa shape index (κ3) is 2.16. The van der Waals surface area contributed by atoms with E-state index in [1.54, 1.807) is 18.2 Å². The number of anilines is 2. The number of para-hydroxylation sites is 1. The van der Waals surface area contributed by atoms with Crippen LogP contribution in [0.3, 0.4) is 0 Å². The van der Waals surface area contributed by atoms with E-state index in [0.29, 0.717) is 17.9 Å². The van der Waals surface area contributed by atoms with E-state index in [9.17, 15) is 4.79 Å². The van der Waals surface area contributed by atoms with Crippen molar-refractivity contribution in [2.24, 2.45) is 0 Å². The Kier molecular flexibility index (Phi) is 3.34. The van der Waals surface area contributed by atoms with E-state index in [2.05, 4.69) is 0 Å². The van der Waals surface area contributed by atoms with Crippen LogP contribution in [-0.2, 0) is 4.74 Å². The van der Waals surface area contributed by atoms with Gasteiger partial charge in [-0.15, -0.1) is 0 Å². The minimum absolute atomic E-state index is 0.286. The Morgan fingerprint density at radius 1 is 1.43 bits per heavy atom. The maximum atomic E-state index is 11.4. The Morgan fingerprint density at radius 2 is 2.14 bits per heavy atom. The Hall–Kier alpha value is -1.71. The van der Waals surface area contributed by atoms with Crippen LogP contribution in [0.4, 0.5) is 11.4 Å². The highest BCUT2D eigenvalue weighted by atomic mass is 16.5. The lowest BCUT2D eigenvalue weighted by molar-refractivity contribution is 0.0506. The molecule has 4 N–H and O–H groups in total. The van der Waals surface area contributed by atoms with Gasteiger partial charge in [0, 0.05) is 0 Å². The first kappa shape index (κ1) is 10.4. The monoisotopic (exact) mass is 194 g/mol. The molecule has 0 heterocycles. The van der Waals surface area contributed by atoms with E-state index in [0.717, 1.165) is 6.42 Å². The Morgan fingerprint density at radius 3 is 2.79 bits per heavy atom. The predicted octanol–water partition coefficient (Wildman–Crippen LogP) is 1.42. The van der Waals surface area contributed by atoms with Gasteiger partial charge in [-0.2, -0.15) is 0 Å². The predicted molar refractivity (Wildman–Crippen MR) is 55.8 cm³/mol. The smallest absolute Gasteiger partial charge is 0.340 e. The molecule has 1 aromatic carbocycles. The highest BCUT2D eigenvalue weighted by molar-refractivity contribution is 5.97. The molecule has 0 spiro atoms. The largest absolute Gasteiger partial charge is 0.462 e. The molecular formula is C10H14N2O2. The zero-order valence-corrected chi connectivity index (χ0v) is 8.12. The Labute approximate surface area is 82.8 Å². The van der Waals surface area contributed by atoms with E-state index in [4.69, 9.17) is 16.2 Å². The number of hydrogen-bond acceptors (Lipinski definition) is 4. The zero-order valence-electron chi connectivity index (χ0n) is 8.12. The number of nitrogen functional groups attached to an aromatic ring is 2. The molecule has 4 nitrogen and oxygen atoms in total. The lowest BCUT2D eigenvalue weighted by atomic mass is 10.1. The third-order valence-electron chi connectivity index (χ3n) is 1.80. The van der Waals surface area contributed by atoms with Gasteiger partial charge in [-0.1, -0.05) is 13.0 Å². The summed E-state index contributed by atoms with van der Waals surface area (Å²) in [6, 6.07) is 4.92. The van der Waals surface area contributed by atoms with E-state index in [1.165, 1.54) is 0 Å². The van der Waals surface area contributed by atoms with Gasteiger partial charge in [-0.25, -0.2) is 4.79 Å². The second-order valence-electron chi connectivity index (χ2n) is 2.94. The summed E-state index contributed by atoms with van der Waals surface area (Å²) < 4.78 is 4.94. The normalized spacial score (nSPS) is 9.79. The Bertz CT molecular complexity index is 337. The molecule has 0 atom stereocenters. The molecular weight excluding hydrogens is 180 g/mol. The number of nitrogens with two attached hydrogens (primary N) is 2. The summed E-state index contributed by atoms with van der Waals surface area (Å²) in [5.41, 5.74) is 12.2. The molecule has 1 rings (SSSR count). The molecule has 0 saturated heterocycles.